The molecule has 0 bridgehead atoms. The fraction of sp³-hybridized carbons (Fsp3) is 0.438. The number of aromatic amines is 1. The summed E-state index contributed by atoms with van der Waals surface area (Å²) < 4.78 is 5.79. The molecule has 0 aliphatic carbocycles. The van der Waals surface area contributed by atoms with E-state index >= 15 is 0 Å². The minimum Gasteiger partial charge on any atom is -0.477 e. The van der Waals surface area contributed by atoms with Gasteiger partial charge in [0.2, 0.25) is 5.16 Å². The third-order valence-corrected chi connectivity index (χ3v) is 4.69. The number of aryl methyl sites for hydroxylation is 1. The lowest BCUT2D eigenvalue weighted by atomic mass is 10.1. The number of carboxylic acids is 1. The molecule has 3 heterocycles. The Morgan fingerprint density at radius 3 is 2.88 bits per heavy atom. The van der Waals surface area contributed by atoms with Gasteiger partial charge in [-0.3, -0.25) is 5.10 Å². The smallest absolute Gasteiger partial charge is 0.342 e. The van der Waals surface area contributed by atoms with E-state index in [9.17, 15) is 9.90 Å². The van der Waals surface area contributed by atoms with Crippen LogP contribution in [0.1, 0.15) is 37.8 Å². The summed E-state index contributed by atoms with van der Waals surface area (Å²) in [5.41, 5.74) is 0. The van der Waals surface area contributed by atoms with Crippen molar-refractivity contribution in [1.29, 1.82) is 0 Å². The lowest BCUT2D eigenvalue weighted by molar-refractivity contribution is -0.131. The van der Waals surface area contributed by atoms with E-state index < -0.39 is 5.97 Å². The first-order valence-electron chi connectivity index (χ1n) is 8.04. The minimum atomic E-state index is -1.03. The van der Waals surface area contributed by atoms with Gasteiger partial charge < -0.3 is 14.4 Å². The van der Waals surface area contributed by atoms with Gasteiger partial charge in [-0.15, -0.1) is 5.10 Å². The highest BCUT2D eigenvalue weighted by Crippen LogP contribution is 2.28. The van der Waals surface area contributed by atoms with Crippen LogP contribution in [0.15, 0.2) is 26.6 Å². The summed E-state index contributed by atoms with van der Waals surface area (Å²) in [6.45, 7) is 3.91. The highest BCUT2D eigenvalue weighted by molar-refractivity contribution is 8.04. The van der Waals surface area contributed by atoms with E-state index in [0.29, 0.717) is 10.9 Å². The van der Waals surface area contributed by atoms with Crippen LogP contribution >= 0.6 is 11.8 Å². The zero-order valence-electron chi connectivity index (χ0n) is 13.5. The summed E-state index contributed by atoms with van der Waals surface area (Å²) in [5.74, 6) is 1.01. The van der Waals surface area contributed by atoms with Crippen molar-refractivity contribution in [3.63, 3.8) is 0 Å². The molecule has 7 nitrogen and oxygen atoms in total. The van der Waals surface area contributed by atoms with Crippen LogP contribution in [-0.2, 0) is 11.2 Å². The van der Waals surface area contributed by atoms with E-state index in [1.54, 1.807) is 6.07 Å². The predicted molar refractivity (Wildman–Crippen MR) is 92.0 cm³/mol. The fourth-order valence-electron chi connectivity index (χ4n) is 2.55. The van der Waals surface area contributed by atoms with Crippen molar-refractivity contribution < 1.29 is 14.3 Å². The van der Waals surface area contributed by atoms with Crippen molar-refractivity contribution in [2.45, 2.75) is 37.8 Å². The van der Waals surface area contributed by atoms with Gasteiger partial charge in [0.1, 0.15) is 16.5 Å². The van der Waals surface area contributed by atoms with Crippen molar-refractivity contribution in [2.75, 3.05) is 18.0 Å². The Bertz CT molecular complexity index is 731. The predicted octanol–water partition coefficient (Wildman–Crippen LogP) is 3.17. The van der Waals surface area contributed by atoms with Gasteiger partial charge in [-0.2, -0.15) is 0 Å². The Morgan fingerprint density at radius 1 is 1.42 bits per heavy atom. The Kier molecular flexibility index (Phi) is 5.24. The molecule has 128 valence electrons. The molecule has 2 N–H and O–H groups in total. The van der Waals surface area contributed by atoms with Gasteiger partial charge in [0.15, 0.2) is 5.88 Å². The Labute approximate surface area is 144 Å². The summed E-state index contributed by atoms with van der Waals surface area (Å²) in [7, 11) is 0. The lowest BCUT2D eigenvalue weighted by Gasteiger charge is -2.25. The van der Waals surface area contributed by atoms with E-state index in [1.807, 2.05) is 13.0 Å². The minimum absolute atomic E-state index is 0.121. The van der Waals surface area contributed by atoms with E-state index in [2.05, 4.69) is 20.1 Å². The monoisotopic (exact) mass is 348 g/mol. The van der Waals surface area contributed by atoms with E-state index in [0.717, 1.165) is 55.8 Å². The maximum absolute atomic E-state index is 11.5. The maximum Gasteiger partial charge on any atom is 0.342 e. The molecule has 0 amide bonds. The van der Waals surface area contributed by atoms with Crippen molar-refractivity contribution in [1.82, 2.24) is 15.2 Å². The van der Waals surface area contributed by atoms with Crippen molar-refractivity contribution >= 4 is 29.7 Å². The SMILES string of the molecule is CCc1nc(S/C(=C\c2ccc(N3CCCCC3)o2)C(=O)O)n[nH]1. The first kappa shape index (κ1) is 16.6. The first-order valence-corrected chi connectivity index (χ1v) is 8.86. The average molecular weight is 348 g/mol. The molecule has 0 radical (unpaired) electrons. The quantitative estimate of drug-likeness (QED) is 0.611. The van der Waals surface area contributed by atoms with Gasteiger partial charge in [-0.25, -0.2) is 9.78 Å². The average Bonchev–Trinajstić information content (AvgIpc) is 3.24. The molecule has 1 fully saturated rings. The van der Waals surface area contributed by atoms with Crippen molar-refractivity contribution in [3.8, 4) is 0 Å². The standard InChI is InChI=1S/C16H20N4O3S/c1-2-13-17-16(19-18-13)24-12(15(21)22)10-11-6-7-14(23-11)20-8-4-3-5-9-20/h6-7,10H,2-5,8-9H2,1H3,(H,21,22)(H,17,18,19)/b12-10-. The van der Waals surface area contributed by atoms with Gasteiger partial charge in [0.05, 0.1) is 0 Å². The molecule has 0 atom stereocenters. The molecule has 2 aromatic heterocycles. The molecular weight excluding hydrogens is 328 g/mol. The van der Waals surface area contributed by atoms with Crippen LogP contribution in [0, 0.1) is 0 Å². The number of furan rings is 1. The highest BCUT2D eigenvalue weighted by atomic mass is 32.2. The molecule has 1 saturated heterocycles. The second kappa shape index (κ2) is 7.57. The third kappa shape index (κ3) is 4.00. The first-order chi connectivity index (χ1) is 11.7. The van der Waals surface area contributed by atoms with Crippen LogP contribution in [0.3, 0.4) is 0 Å². The number of aromatic nitrogens is 3. The van der Waals surface area contributed by atoms with E-state index in [-0.39, 0.29) is 4.91 Å². The molecule has 2 aromatic rings. The van der Waals surface area contributed by atoms with Crippen LogP contribution in [0.4, 0.5) is 5.88 Å². The van der Waals surface area contributed by atoms with E-state index in [4.69, 9.17) is 4.42 Å². The Balaban J connectivity index is 1.75. The Hall–Kier alpha value is -2.22. The van der Waals surface area contributed by atoms with Crippen molar-refractivity contribution in [3.05, 3.63) is 28.6 Å². The number of rotatable bonds is 6. The van der Waals surface area contributed by atoms with Crippen molar-refractivity contribution in [2.24, 2.45) is 0 Å². The number of hydrogen-bond acceptors (Lipinski definition) is 6. The molecule has 8 heteroatoms. The number of nitrogens with zero attached hydrogens (tertiary/aromatic N) is 3. The van der Waals surface area contributed by atoms with Crippen LogP contribution in [0.25, 0.3) is 6.08 Å². The number of piperidine rings is 1. The molecule has 24 heavy (non-hydrogen) atoms. The second-order valence-corrected chi connectivity index (χ2v) is 6.57. The van der Waals surface area contributed by atoms with Gasteiger partial charge in [-0.05, 0) is 37.1 Å². The van der Waals surface area contributed by atoms with E-state index in [1.165, 1.54) is 12.5 Å². The molecule has 0 saturated carbocycles. The van der Waals surface area contributed by atoms with Crippen LogP contribution in [-0.4, -0.2) is 39.3 Å². The topological polar surface area (TPSA) is 95.2 Å². The number of H-pyrrole nitrogens is 1. The summed E-state index contributed by atoms with van der Waals surface area (Å²) >= 11 is 1.01. The van der Waals surface area contributed by atoms with Gasteiger partial charge in [0.25, 0.3) is 0 Å². The molecule has 3 rings (SSSR count). The highest BCUT2D eigenvalue weighted by Gasteiger charge is 2.17. The molecule has 1 aliphatic heterocycles. The van der Waals surface area contributed by atoms with Gasteiger partial charge in [-0.1, -0.05) is 6.92 Å². The summed E-state index contributed by atoms with van der Waals surface area (Å²) in [6.07, 6.45) is 5.80. The summed E-state index contributed by atoms with van der Waals surface area (Å²) in [6, 6.07) is 3.69. The lowest BCUT2D eigenvalue weighted by Crippen LogP contribution is -2.28. The van der Waals surface area contributed by atoms with Crippen LogP contribution < -0.4 is 4.90 Å². The number of nitrogens with one attached hydrogen (secondary N) is 1. The zero-order valence-corrected chi connectivity index (χ0v) is 14.3. The summed E-state index contributed by atoms with van der Waals surface area (Å²) in [5, 5.41) is 16.6. The number of thioether (sulfide) groups is 1. The zero-order chi connectivity index (χ0) is 16.9. The fourth-order valence-corrected chi connectivity index (χ4v) is 3.25. The molecule has 0 aromatic carbocycles. The molecule has 1 aliphatic rings. The number of aliphatic carboxylic acids is 1. The molecular formula is C16H20N4O3S. The van der Waals surface area contributed by atoms with Crippen LogP contribution in [0.5, 0.6) is 0 Å². The van der Waals surface area contributed by atoms with Gasteiger partial charge >= 0.3 is 5.97 Å². The molecule has 0 unspecified atom stereocenters. The normalized spacial score (nSPS) is 15.7. The largest absolute Gasteiger partial charge is 0.477 e. The van der Waals surface area contributed by atoms with Crippen LogP contribution in [0.2, 0.25) is 0 Å². The number of carboxylic acid groups (broad SMARTS) is 1. The maximum atomic E-state index is 11.5. The number of hydrogen-bond donors (Lipinski definition) is 2. The number of carbonyl (C=O) groups is 1. The number of anilines is 1. The second-order valence-electron chi connectivity index (χ2n) is 5.56. The third-order valence-electron chi connectivity index (χ3n) is 3.81. The Morgan fingerprint density at radius 2 is 2.21 bits per heavy atom. The molecule has 0 spiro atoms. The summed E-state index contributed by atoms with van der Waals surface area (Å²) in [4.78, 5) is 18.0. The van der Waals surface area contributed by atoms with Gasteiger partial charge in [0, 0.05) is 31.7 Å².